The summed E-state index contributed by atoms with van der Waals surface area (Å²) in [5, 5.41) is 1.05. The molecule has 1 aliphatic rings. The van der Waals surface area contributed by atoms with E-state index >= 15 is 0 Å². The van der Waals surface area contributed by atoms with Crippen LogP contribution in [0.1, 0.15) is 10.4 Å². The number of imidazole rings is 1. The van der Waals surface area contributed by atoms with Gasteiger partial charge in [0, 0.05) is 29.6 Å². The Morgan fingerprint density at radius 2 is 2.25 bits per heavy atom. The van der Waals surface area contributed by atoms with Gasteiger partial charge in [0.2, 0.25) is 0 Å². The number of carbonyl (C=O) groups excluding carboxylic acids is 1. The summed E-state index contributed by atoms with van der Waals surface area (Å²) in [7, 11) is 0. The Morgan fingerprint density at radius 1 is 1.38 bits per heavy atom. The van der Waals surface area contributed by atoms with E-state index in [9.17, 15) is 4.79 Å². The summed E-state index contributed by atoms with van der Waals surface area (Å²) >= 11 is 1.76. The number of aromatic nitrogens is 2. The Bertz CT molecular complexity index is 526. The molecule has 3 nitrogen and oxygen atoms in total. The van der Waals surface area contributed by atoms with Gasteiger partial charge in [0.25, 0.3) is 0 Å². The van der Waals surface area contributed by atoms with Gasteiger partial charge in [0.05, 0.1) is 5.69 Å². The smallest absolute Gasteiger partial charge is 0.168 e. The summed E-state index contributed by atoms with van der Waals surface area (Å²) in [5.74, 6) is 1.10. The van der Waals surface area contributed by atoms with Crippen LogP contribution in [0.4, 0.5) is 0 Å². The molecular formula is C12H10N2OS. The number of rotatable bonds is 2. The molecule has 0 unspecified atom stereocenters. The van der Waals surface area contributed by atoms with Crippen molar-refractivity contribution in [3.05, 3.63) is 36.0 Å². The molecule has 0 saturated heterocycles. The summed E-state index contributed by atoms with van der Waals surface area (Å²) in [6, 6.07) is 7.55. The minimum atomic E-state index is 0.698. The maximum absolute atomic E-state index is 10.9. The molecule has 0 atom stereocenters. The first-order valence-corrected chi connectivity index (χ1v) is 6.11. The van der Waals surface area contributed by atoms with Gasteiger partial charge in [-0.05, 0) is 0 Å². The molecule has 0 amide bonds. The molecule has 2 heterocycles. The van der Waals surface area contributed by atoms with Crippen molar-refractivity contribution in [2.75, 3.05) is 5.75 Å². The van der Waals surface area contributed by atoms with Crippen LogP contribution in [0.25, 0.3) is 11.3 Å². The lowest BCUT2D eigenvalue weighted by molar-refractivity contribution is 0.112. The fourth-order valence-electron chi connectivity index (χ4n) is 1.87. The molecule has 1 aromatic carbocycles. The Kier molecular flexibility index (Phi) is 2.29. The highest BCUT2D eigenvalue weighted by Gasteiger charge is 2.16. The van der Waals surface area contributed by atoms with E-state index in [0.29, 0.717) is 5.56 Å². The summed E-state index contributed by atoms with van der Waals surface area (Å²) in [4.78, 5) is 15.5. The maximum atomic E-state index is 10.9. The Balaban J connectivity index is 2.11. The molecule has 16 heavy (non-hydrogen) atoms. The second kappa shape index (κ2) is 3.79. The second-order valence-electron chi connectivity index (χ2n) is 3.66. The highest BCUT2D eigenvalue weighted by molar-refractivity contribution is 7.99. The summed E-state index contributed by atoms with van der Waals surface area (Å²) in [6.07, 6.45) is 2.91. The topological polar surface area (TPSA) is 34.9 Å². The summed E-state index contributed by atoms with van der Waals surface area (Å²) in [6.45, 7) is 1.01. The molecule has 0 saturated carbocycles. The van der Waals surface area contributed by atoms with Crippen LogP contribution in [0, 0.1) is 0 Å². The van der Waals surface area contributed by atoms with E-state index < -0.39 is 0 Å². The maximum Gasteiger partial charge on any atom is 0.168 e. The van der Waals surface area contributed by atoms with E-state index in [1.54, 1.807) is 11.8 Å². The average molecular weight is 230 g/mol. The minimum Gasteiger partial charge on any atom is -0.325 e. The van der Waals surface area contributed by atoms with E-state index in [1.165, 1.54) is 0 Å². The van der Waals surface area contributed by atoms with E-state index in [4.69, 9.17) is 0 Å². The van der Waals surface area contributed by atoms with Crippen LogP contribution in [0.15, 0.2) is 35.6 Å². The number of hydrogen-bond donors (Lipinski definition) is 0. The predicted molar refractivity (Wildman–Crippen MR) is 63.8 cm³/mol. The molecule has 2 aromatic rings. The zero-order valence-corrected chi connectivity index (χ0v) is 9.41. The molecular weight excluding hydrogens is 220 g/mol. The SMILES string of the molecule is O=Cc1ccccc1-c1cn2c(n1)SCC2. The number of hydrogen-bond acceptors (Lipinski definition) is 3. The predicted octanol–water partition coefficient (Wildman–Crippen LogP) is 2.47. The average Bonchev–Trinajstić information content (AvgIpc) is 2.89. The van der Waals surface area contributed by atoms with Crippen molar-refractivity contribution in [2.24, 2.45) is 0 Å². The zero-order valence-electron chi connectivity index (χ0n) is 8.59. The van der Waals surface area contributed by atoms with Gasteiger partial charge in [-0.15, -0.1) is 0 Å². The zero-order chi connectivity index (χ0) is 11.0. The molecule has 4 heteroatoms. The summed E-state index contributed by atoms with van der Waals surface area (Å²) < 4.78 is 2.14. The quantitative estimate of drug-likeness (QED) is 0.743. The third-order valence-corrected chi connectivity index (χ3v) is 3.64. The number of nitrogens with zero attached hydrogens (tertiary/aromatic N) is 2. The number of carbonyl (C=O) groups is 1. The highest BCUT2D eigenvalue weighted by atomic mass is 32.2. The fourth-order valence-corrected chi connectivity index (χ4v) is 2.82. The lowest BCUT2D eigenvalue weighted by Gasteiger charge is -1.99. The van der Waals surface area contributed by atoms with Crippen molar-refractivity contribution in [3.8, 4) is 11.3 Å². The van der Waals surface area contributed by atoms with Crippen LogP contribution < -0.4 is 0 Å². The normalized spacial score (nSPS) is 13.8. The Hall–Kier alpha value is -1.55. The van der Waals surface area contributed by atoms with Crippen molar-refractivity contribution in [2.45, 2.75) is 11.7 Å². The van der Waals surface area contributed by atoms with Crippen LogP contribution >= 0.6 is 11.8 Å². The number of fused-ring (bicyclic) bond motifs is 1. The number of thioether (sulfide) groups is 1. The lowest BCUT2D eigenvalue weighted by Crippen LogP contribution is -1.90. The van der Waals surface area contributed by atoms with Crippen LogP contribution in [0.2, 0.25) is 0 Å². The molecule has 80 valence electrons. The fraction of sp³-hybridized carbons (Fsp3) is 0.167. The molecule has 1 aromatic heterocycles. The van der Waals surface area contributed by atoms with E-state index in [1.807, 2.05) is 30.5 Å². The first kappa shape index (κ1) is 9.66. The minimum absolute atomic E-state index is 0.698. The number of aldehydes is 1. The monoisotopic (exact) mass is 230 g/mol. The van der Waals surface area contributed by atoms with Crippen LogP contribution in [0.5, 0.6) is 0 Å². The third-order valence-electron chi connectivity index (χ3n) is 2.67. The summed E-state index contributed by atoms with van der Waals surface area (Å²) in [5.41, 5.74) is 2.51. The van der Waals surface area contributed by atoms with Gasteiger partial charge in [-0.3, -0.25) is 4.79 Å². The first-order valence-electron chi connectivity index (χ1n) is 5.13. The Labute approximate surface area is 97.5 Å². The van der Waals surface area contributed by atoms with Gasteiger partial charge < -0.3 is 4.57 Å². The van der Waals surface area contributed by atoms with E-state index in [0.717, 1.165) is 35.0 Å². The second-order valence-corrected chi connectivity index (χ2v) is 4.72. The highest BCUT2D eigenvalue weighted by Crippen LogP contribution is 2.29. The van der Waals surface area contributed by atoms with Crippen molar-refractivity contribution < 1.29 is 4.79 Å². The lowest BCUT2D eigenvalue weighted by atomic mass is 10.1. The van der Waals surface area contributed by atoms with Gasteiger partial charge in [-0.2, -0.15) is 0 Å². The molecule has 0 bridgehead atoms. The number of aryl methyl sites for hydroxylation is 1. The van der Waals surface area contributed by atoms with Crippen LogP contribution in [-0.4, -0.2) is 21.6 Å². The molecule has 0 radical (unpaired) electrons. The van der Waals surface area contributed by atoms with Crippen molar-refractivity contribution in [3.63, 3.8) is 0 Å². The van der Waals surface area contributed by atoms with Gasteiger partial charge in [0.15, 0.2) is 11.4 Å². The molecule has 0 N–H and O–H groups in total. The van der Waals surface area contributed by atoms with Crippen LogP contribution in [-0.2, 0) is 6.54 Å². The largest absolute Gasteiger partial charge is 0.325 e. The van der Waals surface area contributed by atoms with Gasteiger partial charge >= 0.3 is 0 Å². The Morgan fingerprint density at radius 3 is 3.06 bits per heavy atom. The van der Waals surface area contributed by atoms with Crippen molar-refractivity contribution in [1.82, 2.24) is 9.55 Å². The molecule has 0 aliphatic carbocycles. The number of benzene rings is 1. The standard InChI is InChI=1S/C12H10N2OS/c15-8-9-3-1-2-4-10(9)11-7-14-5-6-16-12(14)13-11/h1-4,7-8H,5-6H2. The van der Waals surface area contributed by atoms with Gasteiger partial charge in [-0.1, -0.05) is 36.0 Å². The molecule has 0 spiro atoms. The van der Waals surface area contributed by atoms with Gasteiger partial charge in [-0.25, -0.2) is 4.98 Å². The third kappa shape index (κ3) is 1.46. The van der Waals surface area contributed by atoms with Gasteiger partial charge in [0.1, 0.15) is 0 Å². The molecule has 1 aliphatic heterocycles. The molecule has 3 rings (SSSR count). The van der Waals surface area contributed by atoms with Crippen molar-refractivity contribution in [1.29, 1.82) is 0 Å². The first-order chi connectivity index (χ1) is 7.88. The van der Waals surface area contributed by atoms with E-state index in [2.05, 4.69) is 9.55 Å². The molecule has 0 fully saturated rings. The van der Waals surface area contributed by atoms with E-state index in [-0.39, 0.29) is 0 Å². The van der Waals surface area contributed by atoms with Crippen LogP contribution in [0.3, 0.4) is 0 Å². The van der Waals surface area contributed by atoms with Crippen molar-refractivity contribution >= 4 is 18.0 Å².